The quantitative estimate of drug-likeness (QED) is 0.390. The van der Waals surface area contributed by atoms with Crippen LogP contribution in [0.1, 0.15) is 63.3 Å². The summed E-state index contributed by atoms with van der Waals surface area (Å²) in [4.78, 5) is 13.4. The van der Waals surface area contributed by atoms with Crippen molar-refractivity contribution in [3.8, 4) is 16.8 Å². The average molecular weight is 457 g/mol. The molecular formula is C27H32N6O. The third kappa shape index (κ3) is 4.60. The third-order valence-corrected chi connectivity index (χ3v) is 6.78. The molecule has 176 valence electrons. The highest BCUT2D eigenvalue weighted by atomic mass is 16.1. The molecular weight excluding hydrogens is 424 g/mol. The number of hydrogen-bond donors (Lipinski definition) is 0. The Morgan fingerprint density at radius 2 is 1.76 bits per heavy atom. The van der Waals surface area contributed by atoms with Crippen LogP contribution in [0.4, 0.5) is 0 Å². The van der Waals surface area contributed by atoms with Gasteiger partial charge >= 0.3 is 5.69 Å². The number of imidazole rings is 1. The second-order valence-electron chi connectivity index (χ2n) is 9.75. The number of para-hydroxylation sites is 1. The summed E-state index contributed by atoms with van der Waals surface area (Å²) >= 11 is 0. The van der Waals surface area contributed by atoms with Gasteiger partial charge in [-0.05, 0) is 52.8 Å². The summed E-state index contributed by atoms with van der Waals surface area (Å²) in [6.07, 6.45) is 10.6. The molecule has 2 heterocycles. The lowest BCUT2D eigenvalue weighted by molar-refractivity contribution is 0.344. The molecule has 0 atom stereocenters. The van der Waals surface area contributed by atoms with Crippen LogP contribution in [-0.4, -0.2) is 29.3 Å². The molecule has 1 saturated carbocycles. The Hall–Kier alpha value is -3.48. The molecule has 1 aliphatic carbocycles. The van der Waals surface area contributed by atoms with Gasteiger partial charge in [0, 0.05) is 23.5 Å². The molecule has 0 N–H and O–H groups in total. The maximum absolute atomic E-state index is 13.4. The van der Waals surface area contributed by atoms with E-state index in [0.29, 0.717) is 18.5 Å². The molecule has 2 aromatic carbocycles. The van der Waals surface area contributed by atoms with E-state index in [1.165, 1.54) is 19.3 Å². The van der Waals surface area contributed by atoms with Crippen molar-refractivity contribution < 1.29 is 0 Å². The number of hydrogen-bond acceptors (Lipinski definition) is 4. The number of benzene rings is 2. The minimum absolute atomic E-state index is 0.135. The molecule has 1 aliphatic rings. The Bertz CT molecular complexity index is 1280. The topological polar surface area (TPSA) is 70.5 Å². The van der Waals surface area contributed by atoms with Gasteiger partial charge in [-0.3, -0.25) is 9.13 Å². The first-order valence-electron chi connectivity index (χ1n) is 12.3. The van der Waals surface area contributed by atoms with Crippen LogP contribution < -0.4 is 5.69 Å². The summed E-state index contributed by atoms with van der Waals surface area (Å²) in [5.74, 6) is 0.498. The normalized spacial score (nSPS) is 14.7. The first-order chi connectivity index (χ1) is 16.6. The molecule has 0 unspecified atom stereocenters. The van der Waals surface area contributed by atoms with Crippen LogP contribution in [0, 0.1) is 5.92 Å². The van der Waals surface area contributed by atoms with Crippen molar-refractivity contribution in [2.45, 2.75) is 65.0 Å². The van der Waals surface area contributed by atoms with Crippen molar-refractivity contribution in [2.24, 2.45) is 5.92 Å². The zero-order valence-electron chi connectivity index (χ0n) is 20.0. The molecule has 4 aromatic rings. The minimum Gasteiger partial charge on any atom is -0.296 e. The van der Waals surface area contributed by atoms with Crippen molar-refractivity contribution in [1.82, 2.24) is 29.3 Å². The molecule has 0 bridgehead atoms. The maximum Gasteiger partial charge on any atom is 0.328 e. The molecule has 0 aliphatic heterocycles. The van der Waals surface area contributed by atoms with Crippen molar-refractivity contribution in [3.63, 3.8) is 0 Å². The van der Waals surface area contributed by atoms with Crippen LogP contribution in [0.5, 0.6) is 0 Å². The Morgan fingerprint density at radius 3 is 2.47 bits per heavy atom. The number of aromatic nitrogens is 6. The molecule has 0 spiro atoms. The van der Waals surface area contributed by atoms with Crippen LogP contribution in [0.3, 0.4) is 0 Å². The highest BCUT2D eigenvalue weighted by molar-refractivity contribution is 5.72. The lowest BCUT2D eigenvalue weighted by Gasteiger charge is -2.22. The Morgan fingerprint density at radius 1 is 1.00 bits per heavy atom. The van der Waals surface area contributed by atoms with Gasteiger partial charge in [-0.2, -0.15) is 4.68 Å². The lowest BCUT2D eigenvalue weighted by atomic mass is 9.95. The molecule has 1 fully saturated rings. The smallest absolute Gasteiger partial charge is 0.296 e. The summed E-state index contributed by atoms with van der Waals surface area (Å²) in [6.45, 7) is 5.02. The summed E-state index contributed by atoms with van der Waals surface area (Å²) in [6, 6.07) is 16.9. The van der Waals surface area contributed by atoms with Gasteiger partial charge in [0.05, 0.1) is 12.2 Å². The number of rotatable bonds is 7. The first kappa shape index (κ1) is 22.3. The Kier molecular flexibility index (Phi) is 6.43. The van der Waals surface area contributed by atoms with Gasteiger partial charge in [0.2, 0.25) is 0 Å². The van der Waals surface area contributed by atoms with Crippen molar-refractivity contribution in [2.75, 3.05) is 0 Å². The fraction of sp³-hybridized carbons (Fsp3) is 0.407. The van der Waals surface area contributed by atoms with Gasteiger partial charge in [-0.15, -0.1) is 5.10 Å². The van der Waals surface area contributed by atoms with Crippen LogP contribution in [0.15, 0.2) is 65.8 Å². The van der Waals surface area contributed by atoms with Crippen LogP contribution in [0.25, 0.3) is 16.8 Å². The zero-order valence-corrected chi connectivity index (χ0v) is 20.0. The van der Waals surface area contributed by atoms with Gasteiger partial charge in [-0.1, -0.05) is 75.6 Å². The van der Waals surface area contributed by atoms with E-state index in [-0.39, 0.29) is 5.69 Å². The van der Waals surface area contributed by atoms with E-state index in [4.69, 9.17) is 0 Å². The fourth-order valence-corrected chi connectivity index (χ4v) is 5.08. The summed E-state index contributed by atoms with van der Waals surface area (Å²) < 4.78 is 5.68. The largest absolute Gasteiger partial charge is 0.328 e. The molecule has 0 radical (unpaired) electrons. The van der Waals surface area contributed by atoms with Crippen molar-refractivity contribution in [3.05, 3.63) is 82.8 Å². The molecule has 7 heteroatoms. The predicted molar refractivity (Wildman–Crippen MR) is 133 cm³/mol. The summed E-state index contributed by atoms with van der Waals surface area (Å²) in [5.41, 5.74) is 5.47. The SMILES string of the molecule is CC(C)Cc1cn(C2CCCCC2)c(=O)n1Cc1ccc(-c2ccccc2-n2cnnn2)cc1. The molecule has 5 rings (SSSR count). The second kappa shape index (κ2) is 9.79. The Labute approximate surface area is 200 Å². The second-order valence-corrected chi connectivity index (χ2v) is 9.75. The van der Waals surface area contributed by atoms with Crippen molar-refractivity contribution in [1.29, 1.82) is 0 Å². The number of nitrogens with zero attached hydrogens (tertiary/aromatic N) is 6. The fourth-order valence-electron chi connectivity index (χ4n) is 5.08. The standard InChI is InChI=1S/C27H32N6O/c1-20(2)16-24-18-32(23-8-4-3-5-9-23)27(34)31(24)17-21-12-14-22(15-13-21)25-10-6-7-11-26(25)33-19-28-29-30-33/h6-7,10-15,18-20,23H,3-5,8-9,16-17H2,1-2H3. The highest BCUT2D eigenvalue weighted by Gasteiger charge is 2.21. The van der Waals surface area contributed by atoms with E-state index in [9.17, 15) is 4.79 Å². The summed E-state index contributed by atoms with van der Waals surface area (Å²) in [5, 5.41) is 11.6. The highest BCUT2D eigenvalue weighted by Crippen LogP contribution is 2.28. The van der Waals surface area contributed by atoms with Gasteiger partial charge < -0.3 is 0 Å². The van der Waals surface area contributed by atoms with E-state index < -0.39 is 0 Å². The van der Waals surface area contributed by atoms with Gasteiger partial charge in [0.1, 0.15) is 6.33 Å². The lowest BCUT2D eigenvalue weighted by Crippen LogP contribution is -2.29. The molecule has 34 heavy (non-hydrogen) atoms. The molecule has 2 aromatic heterocycles. The van der Waals surface area contributed by atoms with Gasteiger partial charge in [0.15, 0.2) is 0 Å². The van der Waals surface area contributed by atoms with Gasteiger partial charge in [-0.25, -0.2) is 4.79 Å². The minimum atomic E-state index is 0.135. The first-order valence-corrected chi connectivity index (χ1v) is 12.3. The van der Waals surface area contributed by atoms with E-state index in [1.54, 1.807) is 11.0 Å². The zero-order chi connectivity index (χ0) is 23.5. The van der Waals surface area contributed by atoms with E-state index in [1.807, 2.05) is 27.3 Å². The van der Waals surface area contributed by atoms with Gasteiger partial charge in [0.25, 0.3) is 0 Å². The Balaban J connectivity index is 1.43. The third-order valence-electron chi connectivity index (χ3n) is 6.78. The van der Waals surface area contributed by atoms with Crippen LogP contribution >= 0.6 is 0 Å². The van der Waals surface area contributed by atoms with E-state index >= 15 is 0 Å². The predicted octanol–water partition coefficient (Wildman–Crippen LogP) is 5.04. The molecule has 0 amide bonds. The van der Waals surface area contributed by atoms with Crippen molar-refractivity contribution >= 4 is 0 Å². The van der Waals surface area contributed by atoms with E-state index in [0.717, 1.165) is 47.3 Å². The maximum atomic E-state index is 13.4. The monoisotopic (exact) mass is 456 g/mol. The van der Waals surface area contributed by atoms with Crippen LogP contribution in [0.2, 0.25) is 0 Å². The molecule has 7 nitrogen and oxygen atoms in total. The average Bonchev–Trinajstić information content (AvgIpc) is 3.50. The molecule has 0 saturated heterocycles. The van der Waals surface area contributed by atoms with Crippen LogP contribution in [-0.2, 0) is 13.0 Å². The van der Waals surface area contributed by atoms with E-state index in [2.05, 4.69) is 65.9 Å². The summed E-state index contributed by atoms with van der Waals surface area (Å²) in [7, 11) is 0. The number of tetrazole rings is 1.